The third-order valence-corrected chi connectivity index (χ3v) is 4.85. The third-order valence-electron chi connectivity index (χ3n) is 4.50. The fourth-order valence-electron chi connectivity index (χ4n) is 2.95. The molecular weight excluding hydrogens is 280 g/mol. The predicted molar refractivity (Wildman–Crippen MR) is 93.5 cm³/mol. The van der Waals surface area contributed by atoms with E-state index in [1.54, 1.807) is 0 Å². The zero-order valence-electron chi connectivity index (χ0n) is 14.1. The lowest BCUT2D eigenvalue weighted by atomic mass is 9.74. The molecule has 0 heterocycles. The number of halogens is 1. The lowest BCUT2D eigenvalue weighted by molar-refractivity contribution is 0.234. The van der Waals surface area contributed by atoms with Gasteiger partial charge < -0.3 is 11.5 Å². The topological polar surface area (TPSA) is 52.0 Å². The maximum absolute atomic E-state index is 6.60. The van der Waals surface area contributed by atoms with Gasteiger partial charge in [0.25, 0.3) is 0 Å². The molecule has 1 aromatic carbocycles. The van der Waals surface area contributed by atoms with Crippen LogP contribution in [0.2, 0.25) is 5.02 Å². The van der Waals surface area contributed by atoms with Gasteiger partial charge in [-0.3, -0.25) is 0 Å². The predicted octanol–water partition coefficient (Wildman–Crippen LogP) is 4.33. The molecule has 4 N–H and O–H groups in total. The van der Waals surface area contributed by atoms with Gasteiger partial charge in [-0.05, 0) is 61.3 Å². The summed E-state index contributed by atoms with van der Waals surface area (Å²) in [6.07, 6.45) is 2.17. The van der Waals surface area contributed by atoms with Crippen LogP contribution >= 0.6 is 11.6 Å². The van der Waals surface area contributed by atoms with Crippen LogP contribution in [0.1, 0.15) is 52.2 Å². The summed E-state index contributed by atoms with van der Waals surface area (Å²) in [7, 11) is 0. The smallest absolute Gasteiger partial charge is 0.0441 e. The summed E-state index contributed by atoms with van der Waals surface area (Å²) in [4.78, 5) is 0. The molecule has 0 amide bonds. The minimum atomic E-state index is -0.455. The molecular formula is C18H31ClN2. The SMILES string of the molecule is CC(C)CCc1ccc([C@](C)(N)C(CN)C(C)C)cc1Cl. The molecule has 0 fully saturated rings. The van der Waals surface area contributed by atoms with Crippen LogP contribution in [0.5, 0.6) is 0 Å². The summed E-state index contributed by atoms with van der Waals surface area (Å²) in [5.41, 5.74) is 14.4. The molecule has 120 valence electrons. The molecule has 21 heavy (non-hydrogen) atoms. The molecule has 0 saturated heterocycles. The monoisotopic (exact) mass is 310 g/mol. The molecule has 0 bridgehead atoms. The first kappa shape index (κ1) is 18.5. The van der Waals surface area contributed by atoms with Gasteiger partial charge in [-0.25, -0.2) is 0 Å². The summed E-state index contributed by atoms with van der Waals surface area (Å²) < 4.78 is 0. The molecule has 2 atom stereocenters. The van der Waals surface area contributed by atoms with E-state index < -0.39 is 5.54 Å². The van der Waals surface area contributed by atoms with E-state index in [0.717, 1.165) is 23.4 Å². The van der Waals surface area contributed by atoms with E-state index >= 15 is 0 Å². The zero-order valence-corrected chi connectivity index (χ0v) is 14.9. The van der Waals surface area contributed by atoms with Crippen LogP contribution < -0.4 is 11.5 Å². The van der Waals surface area contributed by atoms with E-state index in [0.29, 0.717) is 18.4 Å². The van der Waals surface area contributed by atoms with Gasteiger partial charge in [-0.15, -0.1) is 0 Å². The first-order chi connectivity index (χ1) is 9.70. The maximum Gasteiger partial charge on any atom is 0.0441 e. The van der Waals surface area contributed by atoms with Gasteiger partial charge in [0.2, 0.25) is 0 Å². The van der Waals surface area contributed by atoms with Gasteiger partial charge in [-0.1, -0.05) is 51.4 Å². The highest BCUT2D eigenvalue weighted by molar-refractivity contribution is 6.31. The van der Waals surface area contributed by atoms with Crippen LogP contribution in [-0.2, 0) is 12.0 Å². The number of rotatable bonds is 7. The standard InChI is InChI=1S/C18H31ClN2/c1-12(2)6-7-14-8-9-15(10-17(14)19)18(5,21)16(11-20)13(3)4/h8-10,12-13,16H,6-7,11,20-21H2,1-5H3/t16?,18-/m0/s1. The van der Waals surface area contributed by atoms with E-state index in [4.69, 9.17) is 23.1 Å². The van der Waals surface area contributed by atoms with Crippen molar-refractivity contribution in [3.8, 4) is 0 Å². The second kappa shape index (κ2) is 7.62. The van der Waals surface area contributed by atoms with Crippen molar-refractivity contribution in [1.82, 2.24) is 0 Å². The first-order valence-corrected chi connectivity index (χ1v) is 8.35. The van der Waals surface area contributed by atoms with Crippen molar-refractivity contribution < 1.29 is 0 Å². The quantitative estimate of drug-likeness (QED) is 0.787. The Morgan fingerprint density at radius 2 is 1.81 bits per heavy atom. The van der Waals surface area contributed by atoms with Crippen molar-refractivity contribution in [2.24, 2.45) is 29.2 Å². The summed E-state index contributed by atoms with van der Waals surface area (Å²) in [6, 6.07) is 6.27. The fraction of sp³-hybridized carbons (Fsp3) is 0.667. The Morgan fingerprint density at radius 3 is 2.24 bits per heavy atom. The summed E-state index contributed by atoms with van der Waals surface area (Å²) in [5, 5.41) is 0.823. The van der Waals surface area contributed by atoms with Crippen LogP contribution in [0.4, 0.5) is 0 Å². The highest BCUT2D eigenvalue weighted by atomic mass is 35.5. The second-order valence-electron chi connectivity index (χ2n) is 7.11. The maximum atomic E-state index is 6.60. The van der Waals surface area contributed by atoms with E-state index in [2.05, 4.69) is 46.8 Å². The Hall–Kier alpha value is -0.570. The lowest BCUT2D eigenvalue weighted by Gasteiger charge is -2.37. The summed E-state index contributed by atoms with van der Waals surface area (Å²) in [5.74, 6) is 1.35. The molecule has 0 aliphatic heterocycles. The van der Waals surface area contributed by atoms with Gasteiger partial charge in [-0.2, -0.15) is 0 Å². The normalized spacial score (nSPS) is 16.3. The molecule has 0 spiro atoms. The van der Waals surface area contributed by atoms with Crippen LogP contribution in [0.3, 0.4) is 0 Å². The molecule has 0 aliphatic carbocycles. The Morgan fingerprint density at radius 1 is 1.19 bits per heavy atom. The van der Waals surface area contributed by atoms with Crippen molar-refractivity contribution >= 4 is 11.6 Å². The molecule has 2 nitrogen and oxygen atoms in total. The molecule has 3 heteroatoms. The Kier molecular flexibility index (Phi) is 6.71. The van der Waals surface area contributed by atoms with Crippen molar-refractivity contribution in [2.45, 2.75) is 53.0 Å². The number of hydrogen-bond acceptors (Lipinski definition) is 2. The van der Waals surface area contributed by atoms with Gasteiger partial charge in [0.1, 0.15) is 0 Å². The first-order valence-electron chi connectivity index (χ1n) is 7.98. The summed E-state index contributed by atoms with van der Waals surface area (Å²) >= 11 is 6.46. The van der Waals surface area contributed by atoms with Crippen molar-refractivity contribution in [1.29, 1.82) is 0 Å². The average molecular weight is 311 g/mol. The number of nitrogens with two attached hydrogens (primary N) is 2. The lowest BCUT2D eigenvalue weighted by Crippen LogP contribution is -2.47. The Balaban J connectivity index is 3.01. The van der Waals surface area contributed by atoms with E-state index in [9.17, 15) is 0 Å². The molecule has 0 saturated carbocycles. The van der Waals surface area contributed by atoms with Crippen molar-refractivity contribution in [2.75, 3.05) is 6.54 Å². The van der Waals surface area contributed by atoms with Crippen molar-refractivity contribution in [3.63, 3.8) is 0 Å². The largest absolute Gasteiger partial charge is 0.330 e. The molecule has 0 aliphatic rings. The number of hydrogen-bond donors (Lipinski definition) is 2. The molecule has 0 radical (unpaired) electrons. The van der Waals surface area contributed by atoms with E-state index in [1.165, 1.54) is 5.56 Å². The third kappa shape index (κ3) is 4.70. The molecule has 1 unspecified atom stereocenters. The van der Waals surface area contributed by atoms with Gasteiger partial charge in [0.15, 0.2) is 0 Å². The fourth-order valence-corrected chi connectivity index (χ4v) is 3.23. The number of benzene rings is 1. The van der Waals surface area contributed by atoms with Gasteiger partial charge in [0, 0.05) is 10.6 Å². The van der Waals surface area contributed by atoms with E-state index in [1.807, 2.05) is 6.07 Å². The molecule has 0 aromatic heterocycles. The van der Waals surface area contributed by atoms with Gasteiger partial charge >= 0.3 is 0 Å². The second-order valence-corrected chi connectivity index (χ2v) is 7.51. The molecule has 1 rings (SSSR count). The summed E-state index contributed by atoms with van der Waals surface area (Å²) in [6.45, 7) is 11.4. The minimum absolute atomic E-state index is 0.232. The highest BCUT2D eigenvalue weighted by Gasteiger charge is 2.33. The van der Waals surface area contributed by atoms with Crippen molar-refractivity contribution in [3.05, 3.63) is 34.3 Å². The zero-order chi connectivity index (χ0) is 16.2. The van der Waals surface area contributed by atoms with Crippen LogP contribution in [0.25, 0.3) is 0 Å². The van der Waals surface area contributed by atoms with Crippen LogP contribution in [-0.4, -0.2) is 6.54 Å². The minimum Gasteiger partial charge on any atom is -0.330 e. The molecule has 1 aromatic rings. The van der Waals surface area contributed by atoms with Gasteiger partial charge in [0.05, 0.1) is 0 Å². The van der Waals surface area contributed by atoms with E-state index in [-0.39, 0.29) is 5.92 Å². The van der Waals surface area contributed by atoms with Crippen LogP contribution in [0, 0.1) is 17.8 Å². The van der Waals surface area contributed by atoms with Crippen LogP contribution in [0.15, 0.2) is 18.2 Å². The average Bonchev–Trinajstić information content (AvgIpc) is 2.36. The Labute approximate surface area is 135 Å². The highest BCUT2D eigenvalue weighted by Crippen LogP contribution is 2.33. The number of aryl methyl sites for hydroxylation is 1. The Bertz CT molecular complexity index is 453.